The van der Waals surface area contributed by atoms with Crippen LogP contribution >= 0.6 is 0 Å². The van der Waals surface area contributed by atoms with Crippen LogP contribution in [0.2, 0.25) is 0 Å². The van der Waals surface area contributed by atoms with Crippen molar-refractivity contribution in [3.05, 3.63) is 0 Å². The molecule has 1 aliphatic rings. The number of amides is 1. The lowest BCUT2D eigenvalue weighted by Gasteiger charge is -2.27. The van der Waals surface area contributed by atoms with Gasteiger partial charge in [-0.05, 0) is 53.4 Å². The van der Waals surface area contributed by atoms with E-state index in [-0.39, 0.29) is 17.0 Å². The fourth-order valence-electron chi connectivity index (χ4n) is 1.72. The molecule has 0 aromatic carbocycles. The molecule has 2 N–H and O–H groups in total. The lowest BCUT2D eigenvalue weighted by Crippen LogP contribution is -2.50. The molecule has 1 fully saturated rings. The standard InChI is InChI=1S/C12H24N2O/c1-11(2,3)14-10(15)8-13-12(4,5)9-6-7-9/h9,13H,6-8H2,1-5H3,(H,14,15). The Morgan fingerprint density at radius 2 is 1.73 bits per heavy atom. The minimum atomic E-state index is -0.136. The zero-order chi connectivity index (χ0) is 11.7. The summed E-state index contributed by atoms with van der Waals surface area (Å²) in [4.78, 5) is 11.6. The maximum Gasteiger partial charge on any atom is 0.234 e. The van der Waals surface area contributed by atoms with E-state index >= 15 is 0 Å². The first-order valence-corrected chi connectivity index (χ1v) is 5.77. The molecule has 0 saturated heterocycles. The van der Waals surface area contributed by atoms with Gasteiger partial charge >= 0.3 is 0 Å². The van der Waals surface area contributed by atoms with E-state index in [0.717, 1.165) is 5.92 Å². The highest BCUT2D eigenvalue weighted by Gasteiger charge is 2.37. The van der Waals surface area contributed by atoms with Crippen LogP contribution in [0.25, 0.3) is 0 Å². The normalized spacial score (nSPS) is 17.7. The van der Waals surface area contributed by atoms with E-state index in [9.17, 15) is 4.79 Å². The Bertz CT molecular complexity index is 236. The van der Waals surface area contributed by atoms with Gasteiger partial charge in [-0.3, -0.25) is 4.79 Å². The summed E-state index contributed by atoms with van der Waals surface area (Å²) in [5, 5.41) is 6.28. The number of hydrogen-bond donors (Lipinski definition) is 2. The Kier molecular flexibility index (Phi) is 3.44. The summed E-state index contributed by atoms with van der Waals surface area (Å²) < 4.78 is 0. The predicted molar refractivity (Wildman–Crippen MR) is 62.7 cm³/mol. The number of nitrogens with one attached hydrogen (secondary N) is 2. The van der Waals surface area contributed by atoms with E-state index in [4.69, 9.17) is 0 Å². The Balaban J connectivity index is 2.27. The molecule has 88 valence electrons. The average molecular weight is 212 g/mol. The van der Waals surface area contributed by atoms with Gasteiger partial charge in [0, 0.05) is 11.1 Å². The lowest BCUT2D eigenvalue weighted by molar-refractivity contribution is -0.122. The van der Waals surface area contributed by atoms with Crippen LogP contribution in [0.4, 0.5) is 0 Å². The van der Waals surface area contributed by atoms with E-state index in [1.54, 1.807) is 0 Å². The largest absolute Gasteiger partial charge is 0.350 e. The number of hydrogen-bond acceptors (Lipinski definition) is 2. The molecule has 0 heterocycles. The second-order valence-electron chi connectivity index (χ2n) is 6.15. The summed E-state index contributed by atoms with van der Waals surface area (Å²) >= 11 is 0. The van der Waals surface area contributed by atoms with Crippen LogP contribution in [0.1, 0.15) is 47.5 Å². The van der Waals surface area contributed by atoms with Gasteiger partial charge in [0.05, 0.1) is 6.54 Å². The first kappa shape index (κ1) is 12.5. The summed E-state index contributed by atoms with van der Waals surface area (Å²) in [5.41, 5.74) is -0.0300. The highest BCUT2D eigenvalue weighted by atomic mass is 16.2. The predicted octanol–water partition coefficient (Wildman–Crippen LogP) is 1.68. The first-order chi connectivity index (χ1) is 6.71. The van der Waals surface area contributed by atoms with Gasteiger partial charge in [-0.1, -0.05) is 0 Å². The highest BCUT2D eigenvalue weighted by molar-refractivity contribution is 5.78. The monoisotopic (exact) mass is 212 g/mol. The fraction of sp³-hybridized carbons (Fsp3) is 0.917. The molecule has 1 amide bonds. The van der Waals surface area contributed by atoms with Gasteiger partial charge in [-0.2, -0.15) is 0 Å². The van der Waals surface area contributed by atoms with E-state index in [1.165, 1.54) is 12.8 Å². The summed E-state index contributed by atoms with van der Waals surface area (Å²) in [6.45, 7) is 10.8. The molecule has 0 aromatic heterocycles. The van der Waals surface area contributed by atoms with Gasteiger partial charge in [-0.15, -0.1) is 0 Å². The Labute approximate surface area is 93.0 Å². The van der Waals surface area contributed by atoms with Crippen LogP contribution in [0.15, 0.2) is 0 Å². The topological polar surface area (TPSA) is 41.1 Å². The van der Waals surface area contributed by atoms with Crippen molar-refractivity contribution in [2.24, 2.45) is 5.92 Å². The molecule has 0 aromatic rings. The Hall–Kier alpha value is -0.570. The number of rotatable bonds is 4. The second-order valence-corrected chi connectivity index (χ2v) is 6.15. The summed E-state index contributed by atoms with van der Waals surface area (Å²) in [7, 11) is 0. The quantitative estimate of drug-likeness (QED) is 0.744. The Morgan fingerprint density at radius 3 is 2.13 bits per heavy atom. The molecule has 15 heavy (non-hydrogen) atoms. The molecule has 1 aliphatic carbocycles. The van der Waals surface area contributed by atoms with Crippen molar-refractivity contribution in [1.29, 1.82) is 0 Å². The Morgan fingerprint density at radius 1 is 1.20 bits per heavy atom. The van der Waals surface area contributed by atoms with Crippen LogP contribution in [0, 0.1) is 5.92 Å². The van der Waals surface area contributed by atoms with Gasteiger partial charge in [0.15, 0.2) is 0 Å². The van der Waals surface area contributed by atoms with Crippen molar-refractivity contribution < 1.29 is 4.79 Å². The maximum absolute atomic E-state index is 11.6. The first-order valence-electron chi connectivity index (χ1n) is 5.77. The maximum atomic E-state index is 11.6. The number of carbonyl (C=O) groups is 1. The summed E-state index contributed by atoms with van der Waals surface area (Å²) in [5.74, 6) is 0.830. The molecule has 3 heteroatoms. The molecule has 0 bridgehead atoms. The zero-order valence-electron chi connectivity index (χ0n) is 10.6. The molecule has 0 spiro atoms. The summed E-state index contributed by atoms with van der Waals surface area (Å²) in [6, 6.07) is 0. The third-order valence-corrected chi connectivity index (χ3v) is 2.82. The van der Waals surface area contributed by atoms with Crippen molar-refractivity contribution in [3.8, 4) is 0 Å². The van der Waals surface area contributed by atoms with Gasteiger partial charge in [0.25, 0.3) is 0 Å². The fourth-order valence-corrected chi connectivity index (χ4v) is 1.72. The highest BCUT2D eigenvalue weighted by Crippen LogP contribution is 2.38. The zero-order valence-corrected chi connectivity index (χ0v) is 10.6. The molecule has 1 saturated carbocycles. The minimum absolute atomic E-state index is 0.0798. The van der Waals surface area contributed by atoms with Crippen molar-refractivity contribution in [2.75, 3.05) is 6.54 Å². The van der Waals surface area contributed by atoms with E-state index in [0.29, 0.717) is 6.54 Å². The lowest BCUT2D eigenvalue weighted by atomic mass is 9.99. The molecule has 0 aliphatic heterocycles. The van der Waals surface area contributed by atoms with Gasteiger partial charge < -0.3 is 10.6 Å². The molecule has 0 unspecified atom stereocenters. The third-order valence-electron chi connectivity index (χ3n) is 2.82. The smallest absolute Gasteiger partial charge is 0.234 e. The van der Waals surface area contributed by atoms with Crippen molar-refractivity contribution in [2.45, 2.75) is 58.5 Å². The SMILES string of the molecule is CC(C)(C)NC(=O)CNC(C)(C)C1CC1. The molecule has 0 atom stereocenters. The molecule has 3 nitrogen and oxygen atoms in total. The average Bonchev–Trinajstić information content (AvgIpc) is 2.79. The van der Waals surface area contributed by atoms with Gasteiger partial charge in [-0.25, -0.2) is 0 Å². The number of carbonyl (C=O) groups excluding carboxylic acids is 1. The van der Waals surface area contributed by atoms with Crippen LogP contribution in [-0.2, 0) is 4.79 Å². The second kappa shape index (κ2) is 4.12. The van der Waals surface area contributed by atoms with Crippen LogP contribution in [-0.4, -0.2) is 23.5 Å². The van der Waals surface area contributed by atoms with Crippen molar-refractivity contribution in [3.63, 3.8) is 0 Å². The van der Waals surface area contributed by atoms with Crippen LogP contribution in [0.5, 0.6) is 0 Å². The van der Waals surface area contributed by atoms with E-state index in [1.807, 2.05) is 20.8 Å². The van der Waals surface area contributed by atoms with Gasteiger partial charge in [0.1, 0.15) is 0 Å². The third kappa shape index (κ3) is 4.65. The van der Waals surface area contributed by atoms with Gasteiger partial charge in [0.2, 0.25) is 5.91 Å². The van der Waals surface area contributed by atoms with E-state index < -0.39 is 0 Å². The molecular formula is C12H24N2O. The summed E-state index contributed by atoms with van der Waals surface area (Å²) in [6.07, 6.45) is 2.59. The van der Waals surface area contributed by atoms with Crippen LogP contribution < -0.4 is 10.6 Å². The van der Waals surface area contributed by atoms with Crippen LogP contribution in [0.3, 0.4) is 0 Å². The van der Waals surface area contributed by atoms with Crippen molar-refractivity contribution >= 4 is 5.91 Å². The van der Waals surface area contributed by atoms with Crippen molar-refractivity contribution in [1.82, 2.24) is 10.6 Å². The molecule has 0 radical (unpaired) electrons. The van der Waals surface area contributed by atoms with E-state index in [2.05, 4.69) is 24.5 Å². The molecular weight excluding hydrogens is 188 g/mol. The minimum Gasteiger partial charge on any atom is -0.350 e. The molecule has 1 rings (SSSR count).